The first kappa shape index (κ1) is 12.8. The first-order valence-electron chi connectivity index (χ1n) is 6.36. The number of anilines is 1. The van der Waals surface area contributed by atoms with Gasteiger partial charge in [0.15, 0.2) is 0 Å². The van der Waals surface area contributed by atoms with Gasteiger partial charge in [0.2, 0.25) is 5.91 Å². The summed E-state index contributed by atoms with van der Waals surface area (Å²) in [6, 6.07) is 3.89. The molecule has 2 rings (SSSR count). The van der Waals surface area contributed by atoms with Crippen LogP contribution in [0.5, 0.6) is 0 Å². The summed E-state index contributed by atoms with van der Waals surface area (Å²) < 4.78 is 0. The van der Waals surface area contributed by atoms with Crippen LogP contribution in [0.2, 0.25) is 0 Å². The third kappa shape index (κ3) is 2.46. The van der Waals surface area contributed by atoms with Crippen LogP contribution in [-0.2, 0) is 0 Å². The first-order chi connectivity index (χ1) is 8.63. The Kier molecular flexibility index (Phi) is 3.81. The minimum absolute atomic E-state index is 0.325. The fourth-order valence-corrected chi connectivity index (χ4v) is 2.59. The van der Waals surface area contributed by atoms with Crippen molar-refractivity contribution in [1.29, 1.82) is 0 Å². The number of carbonyl (C=O) groups is 1. The molecule has 2 heterocycles. The lowest BCUT2D eigenvalue weighted by Crippen LogP contribution is -2.49. The summed E-state index contributed by atoms with van der Waals surface area (Å²) in [6.07, 6.45) is 3.89. The third-order valence-electron chi connectivity index (χ3n) is 3.68. The summed E-state index contributed by atoms with van der Waals surface area (Å²) in [5.74, 6) is 1.000. The lowest BCUT2D eigenvalue weighted by molar-refractivity contribution is 0.1000. The second kappa shape index (κ2) is 5.35. The molecule has 1 fully saturated rings. The highest BCUT2D eigenvalue weighted by atomic mass is 16.1. The number of rotatable bonds is 3. The number of hydrogen-bond donors (Lipinski definition) is 2. The average molecular weight is 248 g/mol. The summed E-state index contributed by atoms with van der Waals surface area (Å²) in [6.45, 7) is 3.82. The van der Waals surface area contributed by atoms with E-state index in [1.165, 1.54) is 12.6 Å². The van der Waals surface area contributed by atoms with Crippen molar-refractivity contribution in [3.63, 3.8) is 0 Å². The molecule has 0 radical (unpaired) electrons. The van der Waals surface area contributed by atoms with Crippen molar-refractivity contribution in [3.8, 4) is 0 Å². The number of hydrogen-bond acceptors (Lipinski definition) is 4. The van der Waals surface area contributed by atoms with E-state index < -0.39 is 5.91 Å². The van der Waals surface area contributed by atoms with Crippen LogP contribution in [0.1, 0.15) is 30.1 Å². The third-order valence-corrected chi connectivity index (χ3v) is 3.68. The van der Waals surface area contributed by atoms with E-state index in [1.54, 1.807) is 6.07 Å². The van der Waals surface area contributed by atoms with Crippen LogP contribution in [0.25, 0.3) is 0 Å². The molecular formula is C13H20N4O. The first-order valence-corrected chi connectivity index (χ1v) is 6.36. The maximum atomic E-state index is 11.0. The SMILES string of the molecule is CC1CCCN(c2ccc(C(N)=O)cn2)C1CN. The molecule has 2 unspecified atom stereocenters. The Bertz CT molecular complexity index is 418. The van der Waals surface area contributed by atoms with Gasteiger partial charge < -0.3 is 16.4 Å². The number of amides is 1. The molecule has 0 spiro atoms. The maximum absolute atomic E-state index is 11.0. The normalized spacial score (nSPS) is 24.0. The van der Waals surface area contributed by atoms with Crippen molar-refractivity contribution < 1.29 is 4.79 Å². The van der Waals surface area contributed by atoms with E-state index in [4.69, 9.17) is 11.5 Å². The largest absolute Gasteiger partial charge is 0.366 e. The molecule has 0 aliphatic carbocycles. The van der Waals surface area contributed by atoms with Gasteiger partial charge in [0.1, 0.15) is 5.82 Å². The Morgan fingerprint density at radius 2 is 2.33 bits per heavy atom. The van der Waals surface area contributed by atoms with Gasteiger partial charge in [-0.05, 0) is 30.9 Å². The second-order valence-electron chi connectivity index (χ2n) is 4.89. The van der Waals surface area contributed by atoms with Crippen molar-refractivity contribution in [1.82, 2.24) is 4.98 Å². The van der Waals surface area contributed by atoms with Crippen LogP contribution in [0.3, 0.4) is 0 Å². The lowest BCUT2D eigenvalue weighted by Gasteiger charge is -2.40. The highest BCUT2D eigenvalue weighted by Crippen LogP contribution is 2.26. The van der Waals surface area contributed by atoms with Crippen LogP contribution in [0, 0.1) is 5.92 Å². The predicted octanol–water partition coefficient (Wildman–Crippen LogP) is 0.744. The lowest BCUT2D eigenvalue weighted by atomic mass is 9.91. The molecule has 1 amide bonds. The molecule has 1 aliphatic rings. The van der Waals surface area contributed by atoms with E-state index in [9.17, 15) is 4.79 Å². The number of nitrogens with two attached hydrogens (primary N) is 2. The highest BCUT2D eigenvalue weighted by molar-refractivity contribution is 5.92. The molecule has 5 nitrogen and oxygen atoms in total. The molecule has 1 saturated heterocycles. The van der Waals surface area contributed by atoms with Gasteiger partial charge in [0.25, 0.3) is 0 Å². The molecule has 98 valence electrons. The van der Waals surface area contributed by atoms with Gasteiger partial charge in [-0.3, -0.25) is 4.79 Å². The van der Waals surface area contributed by atoms with E-state index in [-0.39, 0.29) is 0 Å². The summed E-state index contributed by atoms with van der Waals surface area (Å²) in [4.78, 5) is 17.6. The Morgan fingerprint density at radius 3 is 2.89 bits per heavy atom. The number of nitrogens with zero attached hydrogens (tertiary/aromatic N) is 2. The molecule has 18 heavy (non-hydrogen) atoms. The maximum Gasteiger partial charge on any atom is 0.250 e. The summed E-state index contributed by atoms with van der Waals surface area (Å²) in [5, 5.41) is 0. The minimum Gasteiger partial charge on any atom is -0.366 e. The fraction of sp³-hybridized carbons (Fsp3) is 0.538. The van der Waals surface area contributed by atoms with Crippen molar-refractivity contribution in [3.05, 3.63) is 23.9 Å². The van der Waals surface area contributed by atoms with Crippen molar-refractivity contribution in [2.24, 2.45) is 17.4 Å². The van der Waals surface area contributed by atoms with Crippen molar-refractivity contribution >= 4 is 11.7 Å². The van der Waals surface area contributed by atoms with Gasteiger partial charge >= 0.3 is 0 Å². The zero-order valence-corrected chi connectivity index (χ0v) is 10.7. The standard InChI is InChI=1S/C13H20N4O/c1-9-3-2-6-17(11(9)7-14)12-5-4-10(8-16-12)13(15)18/h4-5,8-9,11H,2-3,6-7,14H2,1H3,(H2,15,18). The molecule has 0 bridgehead atoms. The monoisotopic (exact) mass is 248 g/mol. The van der Waals surface area contributed by atoms with Gasteiger partial charge in [-0.15, -0.1) is 0 Å². The smallest absolute Gasteiger partial charge is 0.250 e. The Balaban J connectivity index is 2.21. The summed E-state index contributed by atoms with van der Waals surface area (Å²) >= 11 is 0. The number of carbonyl (C=O) groups excluding carboxylic acids is 1. The minimum atomic E-state index is -0.448. The van der Waals surface area contributed by atoms with Gasteiger partial charge in [-0.1, -0.05) is 6.92 Å². The number of primary amides is 1. The molecule has 4 N–H and O–H groups in total. The molecule has 5 heteroatoms. The molecule has 1 aromatic heterocycles. The molecule has 0 aromatic carbocycles. The fourth-order valence-electron chi connectivity index (χ4n) is 2.59. The predicted molar refractivity (Wildman–Crippen MR) is 71.3 cm³/mol. The second-order valence-corrected chi connectivity index (χ2v) is 4.89. The van der Waals surface area contributed by atoms with Crippen LogP contribution in [0.4, 0.5) is 5.82 Å². The molecule has 2 atom stereocenters. The molecule has 1 aliphatic heterocycles. The van der Waals surface area contributed by atoms with Gasteiger partial charge in [0.05, 0.1) is 5.56 Å². The molecule has 0 saturated carbocycles. The zero-order valence-electron chi connectivity index (χ0n) is 10.7. The van der Waals surface area contributed by atoms with E-state index >= 15 is 0 Å². The number of piperidine rings is 1. The molecule has 1 aromatic rings. The Morgan fingerprint density at radius 1 is 1.56 bits per heavy atom. The number of pyridine rings is 1. The van der Waals surface area contributed by atoms with Crippen molar-refractivity contribution in [2.75, 3.05) is 18.0 Å². The quantitative estimate of drug-likeness (QED) is 0.826. The van der Waals surface area contributed by atoms with Crippen LogP contribution < -0.4 is 16.4 Å². The summed E-state index contributed by atoms with van der Waals surface area (Å²) in [7, 11) is 0. The van der Waals surface area contributed by atoms with Crippen LogP contribution in [-0.4, -0.2) is 30.0 Å². The Hall–Kier alpha value is -1.62. The number of aromatic nitrogens is 1. The van der Waals surface area contributed by atoms with Crippen LogP contribution >= 0.6 is 0 Å². The summed E-state index contributed by atoms with van der Waals surface area (Å²) in [5.41, 5.74) is 11.5. The topological polar surface area (TPSA) is 85.2 Å². The van der Waals surface area contributed by atoms with E-state index in [2.05, 4.69) is 16.8 Å². The van der Waals surface area contributed by atoms with Gasteiger partial charge in [0, 0.05) is 25.3 Å². The van der Waals surface area contributed by atoms with Crippen molar-refractivity contribution in [2.45, 2.75) is 25.8 Å². The molecular weight excluding hydrogens is 228 g/mol. The van der Waals surface area contributed by atoms with E-state index in [0.29, 0.717) is 24.1 Å². The van der Waals surface area contributed by atoms with Gasteiger partial charge in [-0.25, -0.2) is 4.98 Å². The average Bonchev–Trinajstić information content (AvgIpc) is 2.38. The van der Waals surface area contributed by atoms with E-state index in [1.807, 2.05) is 6.07 Å². The van der Waals surface area contributed by atoms with Crippen LogP contribution in [0.15, 0.2) is 18.3 Å². The highest BCUT2D eigenvalue weighted by Gasteiger charge is 2.28. The zero-order chi connectivity index (χ0) is 13.1. The van der Waals surface area contributed by atoms with E-state index in [0.717, 1.165) is 18.8 Å². The Labute approximate surface area is 107 Å². The van der Waals surface area contributed by atoms with Gasteiger partial charge in [-0.2, -0.15) is 0 Å².